The highest BCUT2D eigenvalue weighted by molar-refractivity contribution is 5.29. The maximum Gasteiger partial charge on any atom is 0.0449 e. The lowest BCUT2D eigenvalue weighted by Crippen LogP contribution is -2.32. The van der Waals surface area contributed by atoms with E-state index in [1.54, 1.807) is 0 Å². The van der Waals surface area contributed by atoms with E-state index < -0.39 is 0 Å². The number of nitrogens with one attached hydrogen (secondary N) is 1. The average molecular weight is 282 g/mol. The Labute approximate surface area is 128 Å². The fourth-order valence-electron chi connectivity index (χ4n) is 2.69. The molecular formula is C19H26N2. The van der Waals surface area contributed by atoms with Gasteiger partial charge < -0.3 is 10.2 Å². The van der Waals surface area contributed by atoms with E-state index in [9.17, 15) is 0 Å². The van der Waals surface area contributed by atoms with Gasteiger partial charge in [0, 0.05) is 19.1 Å². The summed E-state index contributed by atoms with van der Waals surface area (Å²) >= 11 is 0. The Hall–Kier alpha value is -1.64. The first-order valence-corrected chi connectivity index (χ1v) is 7.66. The molecule has 2 rings (SSSR count). The van der Waals surface area contributed by atoms with Crippen molar-refractivity contribution in [2.45, 2.75) is 19.4 Å². The first-order valence-electron chi connectivity index (χ1n) is 7.66. The Morgan fingerprint density at radius 1 is 1.00 bits per heavy atom. The zero-order valence-corrected chi connectivity index (χ0v) is 13.3. The Kier molecular flexibility index (Phi) is 5.97. The molecule has 1 N–H and O–H groups in total. The number of hydrogen-bond donors (Lipinski definition) is 1. The number of likely N-dealkylation sites (N-methyl/N-ethyl adjacent to an activating group) is 2. The monoisotopic (exact) mass is 282 g/mol. The topological polar surface area (TPSA) is 15.3 Å². The summed E-state index contributed by atoms with van der Waals surface area (Å²) in [5.74, 6) is 0. The van der Waals surface area contributed by atoms with Crippen molar-refractivity contribution < 1.29 is 0 Å². The van der Waals surface area contributed by atoms with Crippen LogP contribution in [0.5, 0.6) is 0 Å². The molecule has 2 aromatic rings. The van der Waals surface area contributed by atoms with Crippen molar-refractivity contribution >= 4 is 0 Å². The van der Waals surface area contributed by atoms with Gasteiger partial charge in [-0.2, -0.15) is 0 Å². The fraction of sp³-hybridized carbons (Fsp3) is 0.368. The molecule has 0 aliphatic heterocycles. The highest BCUT2D eigenvalue weighted by Crippen LogP contribution is 2.18. The number of hydrogen-bond acceptors (Lipinski definition) is 2. The molecule has 2 nitrogen and oxygen atoms in total. The van der Waals surface area contributed by atoms with E-state index in [1.807, 2.05) is 7.05 Å². The lowest BCUT2D eigenvalue weighted by atomic mass is 10.0. The predicted octanol–water partition coefficient (Wildman–Crippen LogP) is 3.43. The maximum absolute atomic E-state index is 3.45. The van der Waals surface area contributed by atoms with Crippen LogP contribution in [0.3, 0.4) is 0 Å². The summed E-state index contributed by atoms with van der Waals surface area (Å²) in [5, 5.41) is 3.45. The molecule has 0 radical (unpaired) electrons. The molecule has 0 saturated heterocycles. The molecule has 0 aliphatic rings. The van der Waals surface area contributed by atoms with Crippen molar-refractivity contribution in [3.8, 4) is 0 Å². The maximum atomic E-state index is 3.45. The quantitative estimate of drug-likeness (QED) is 0.837. The molecule has 112 valence electrons. The average Bonchev–Trinajstić information content (AvgIpc) is 2.52. The van der Waals surface area contributed by atoms with Gasteiger partial charge in [0.1, 0.15) is 0 Å². The van der Waals surface area contributed by atoms with Crippen molar-refractivity contribution in [1.29, 1.82) is 0 Å². The third kappa shape index (κ3) is 4.69. The summed E-state index contributed by atoms with van der Waals surface area (Å²) < 4.78 is 0. The van der Waals surface area contributed by atoms with E-state index in [2.05, 4.69) is 78.8 Å². The molecule has 21 heavy (non-hydrogen) atoms. The van der Waals surface area contributed by atoms with Crippen LogP contribution in [0.25, 0.3) is 0 Å². The SMILES string of the molecule is CNC(CN(C)CCc1ccccc1)c1ccccc1C. The first-order chi connectivity index (χ1) is 10.2. The molecule has 0 aromatic heterocycles. The van der Waals surface area contributed by atoms with Crippen molar-refractivity contribution in [2.75, 3.05) is 27.2 Å². The smallest absolute Gasteiger partial charge is 0.0449 e. The molecule has 0 amide bonds. The minimum absolute atomic E-state index is 0.381. The molecule has 0 bridgehead atoms. The number of nitrogens with zero attached hydrogens (tertiary/aromatic N) is 1. The van der Waals surface area contributed by atoms with E-state index in [0.29, 0.717) is 6.04 Å². The van der Waals surface area contributed by atoms with Crippen molar-refractivity contribution in [1.82, 2.24) is 10.2 Å². The van der Waals surface area contributed by atoms with Gasteiger partial charge in [0.25, 0.3) is 0 Å². The highest BCUT2D eigenvalue weighted by atomic mass is 15.1. The van der Waals surface area contributed by atoms with Crippen molar-refractivity contribution in [3.63, 3.8) is 0 Å². The van der Waals surface area contributed by atoms with Gasteiger partial charge in [0.15, 0.2) is 0 Å². The van der Waals surface area contributed by atoms with Gasteiger partial charge in [-0.25, -0.2) is 0 Å². The van der Waals surface area contributed by atoms with Crippen LogP contribution in [-0.4, -0.2) is 32.1 Å². The van der Waals surface area contributed by atoms with E-state index in [0.717, 1.165) is 19.5 Å². The molecule has 2 aromatic carbocycles. The van der Waals surface area contributed by atoms with Crippen molar-refractivity contribution in [2.24, 2.45) is 0 Å². The van der Waals surface area contributed by atoms with Crippen LogP contribution in [0, 0.1) is 6.92 Å². The zero-order chi connectivity index (χ0) is 15.1. The van der Waals surface area contributed by atoms with Crippen LogP contribution in [0.1, 0.15) is 22.7 Å². The van der Waals surface area contributed by atoms with Gasteiger partial charge in [0.2, 0.25) is 0 Å². The summed E-state index contributed by atoms with van der Waals surface area (Å²) in [7, 11) is 4.24. The normalized spacial score (nSPS) is 12.6. The third-order valence-corrected chi connectivity index (χ3v) is 4.03. The summed E-state index contributed by atoms with van der Waals surface area (Å²) in [4.78, 5) is 2.40. The Morgan fingerprint density at radius 2 is 1.67 bits per heavy atom. The van der Waals surface area contributed by atoms with Crippen LogP contribution < -0.4 is 5.32 Å². The van der Waals surface area contributed by atoms with Gasteiger partial charge >= 0.3 is 0 Å². The van der Waals surface area contributed by atoms with E-state index in [-0.39, 0.29) is 0 Å². The molecule has 1 atom stereocenters. The molecule has 0 fully saturated rings. The third-order valence-electron chi connectivity index (χ3n) is 4.03. The zero-order valence-electron chi connectivity index (χ0n) is 13.3. The second-order valence-electron chi connectivity index (χ2n) is 5.70. The number of benzene rings is 2. The van der Waals surface area contributed by atoms with E-state index >= 15 is 0 Å². The molecule has 0 heterocycles. The minimum atomic E-state index is 0.381. The lowest BCUT2D eigenvalue weighted by molar-refractivity contribution is 0.299. The standard InChI is InChI=1S/C19H26N2/c1-16-9-7-8-12-18(16)19(20-2)15-21(3)14-13-17-10-5-4-6-11-17/h4-12,19-20H,13-15H2,1-3H3. The van der Waals surface area contributed by atoms with Crippen LogP contribution in [0.4, 0.5) is 0 Å². The van der Waals surface area contributed by atoms with Crippen LogP contribution >= 0.6 is 0 Å². The van der Waals surface area contributed by atoms with Gasteiger partial charge in [-0.15, -0.1) is 0 Å². The van der Waals surface area contributed by atoms with E-state index in [1.165, 1.54) is 16.7 Å². The molecular weight excluding hydrogens is 256 g/mol. The molecule has 0 saturated carbocycles. The fourth-order valence-corrected chi connectivity index (χ4v) is 2.69. The largest absolute Gasteiger partial charge is 0.312 e. The molecule has 1 unspecified atom stereocenters. The lowest BCUT2D eigenvalue weighted by Gasteiger charge is -2.25. The number of rotatable bonds is 7. The molecule has 0 spiro atoms. The Balaban J connectivity index is 1.91. The van der Waals surface area contributed by atoms with Crippen LogP contribution in [0.15, 0.2) is 54.6 Å². The van der Waals surface area contributed by atoms with Gasteiger partial charge in [0.05, 0.1) is 0 Å². The summed E-state index contributed by atoms with van der Waals surface area (Å²) in [6.07, 6.45) is 1.10. The van der Waals surface area contributed by atoms with Crippen LogP contribution in [-0.2, 0) is 6.42 Å². The second kappa shape index (κ2) is 7.96. The van der Waals surface area contributed by atoms with Crippen LogP contribution in [0.2, 0.25) is 0 Å². The summed E-state index contributed by atoms with van der Waals surface area (Å²) in [6, 6.07) is 19.7. The van der Waals surface area contributed by atoms with Crippen molar-refractivity contribution in [3.05, 3.63) is 71.3 Å². The minimum Gasteiger partial charge on any atom is -0.312 e. The van der Waals surface area contributed by atoms with Gasteiger partial charge in [-0.1, -0.05) is 54.6 Å². The van der Waals surface area contributed by atoms with Gasteiger partial charge in [-0.3, -0.25) is 0 Å². The molecule has 0 aliphatic carbocycles. The Morgan fingerprint density at radius 3 is 2.33 bits per heavy atom. The second-order valence-corrected chi connectivity index (χ2v) is 5.70. The highest BCUT2D eigenvalue weighted by Gasteiger charge is 2.13. The number of aryl methyl sites for hydroxylation is 1. The van der Waals surface area contributed by atoms with E-state index in [4.69, 9.17) is 0 Å². The summed E-state index contributed by atoms with van der Waals surface area (Å²) in [6.45, 7) is 4.28. The first kappa shape index (κ1) is 15.7. The molecule has 2 heteroatoms. The summed E-state index contributed by atoms with van der Waals surface area (Å²) in [5.41, 5.74) is 4.15. The predicted molar refractivity (Wildman–Crippen MR) is 90.6 cm³/mol. The Bertz CT molecular complexity index is 536. The van der Waals surface area contributed by atoms with Gasteiger partial charge in [-0.05, 0) is 44.1 Å².